The second-order valence-electron chi connectivity index (χ2n) is 5.29. The number of oxazole rings is 1. The van der Waals surface area contributed by atoms with Gasteiger partial charge in [-0.05, 0) is 25.3 Å². The zero-order valence-electron chi connectivity index (χ0n) is 13.0. The highest BCUT2D eigenvalue weighted by Gasteiger charge is 2.39. The summed E-state index contributed by atoms with van der Waals surface area (Å²) in [5.74, 6) is -1.11. The summed E-state index contributed by atoms with van der Waals surface area (Å²) in [5.41, 5.74) is 2.36. The maximum Gasteiger partial charge on any atom is 0.468 e. The highest BCUT2D eigenvalue weighted by atomic mass is 32.2. The van der Waals surface area contributed by atoms with E-state index in [1.165, 1.54) is 0 Å². The molecule has 0 spiro atoms. The van der Waals surface area contributed by atoms with Crippen LogP contribution >= 0.6 is 11.8 Å². The molecular formula is C18H14F3NOS. The van der Waals surface area contributed by atoms with Gasteiger partial charge >= 0.3 is 12.1 Å². The predicted octanol–water partition coefficient (Wildman–Crippen LogP) is 6.06. The van der Waals surface area contributed by atoms with Crippen LogP contribution in [0.5, 0.6) is 0 Å². The monoisotopic (exact) mass is 349 g/mol. The van der Waals surface area contributed by atoms with Crippen LogP contribution in [0, 0.1) is 6.92 Å². The third-order valence-corrected chi connectivity index (χ3v) is 4.29. The fourth-order valence-corrected chi connectivity index (χ4v) is 2.69. The molecule has 124 valence electrons. The third-order valence-electron chi connectivity index (χ3n) is 3.55. The molecule has 0 atom stereocenters. The van der Waals surface area contributed by atoms with Gasteiger partial charge in [-0.15, -0.1) is 11.8 Å². The second-order valence-corrected chi connectivity index (χ2v) is 6.17. The first-order valence-corrected chi connectivity index (χ1v) is 8.40. The molecular weight excluding hydrogens is 335 g/mol. The van der Waals surface area contributed by atoms with Gasteiger partial charge in [-0.25, -0.2) is 4.98 Å². The first kappa shape index (κ1) is 16.6. The van der Waals surface area contributed by atoms with Gasteiger partial charge in [0.25, 0.3) is 0 Å². The van der Waals surface area contributed by atoms with Crippen molar-refractivity contribution in [3.8, 4) is 22.6 Å². The Morgan fingerprint density at radius 1 is 0.917 bits per heavy atom. The van der Waals surface area contributed by atoms with Gasteiger partial charge in [0.05, 0.1) is 0 Å². The Bertz CT molecular complexity index is 836. The SMILES string of the molecule is CSc1ccc(-c2oc(C(F)(F)F)nc2-c2ccc(C)cc2)cc1. The number of benzene rings is 2. The Hall–Kier alpha value is -2.21. The van der Waals surface area contributed by atoms with Crippen molar-refractivity contribution in [1.29, 1.82) is 0 Å². The van der Waals surface area contributed by atoms with Crippen LogP contribution in [0.4, 0.5) is 13.2 Å². The van der Waals surface area contributed by atoms with E-state index in [1.54, 1.807) is 36.0 Å². The van der Waals surface area contributed by atoms with E-state index in [4.69, 9.17) is 4.42 Å². The van der Waals surface area contributed by atoms with Crippen molar-refractivity contribution in [2.75, 3.05) is 6.26 Å². The molecule has 3 aromatic rings. The van der Waals surface area contributed by atoms with Crippen LogP contribution in [0.1, 0.15) is 11.5 Å². The van der Waals surface area contributed by atoms with Gasteiger partial charge in [0.1, 0.15) is 5.69 Å². The molecule has 2 nitrogen and oxygen atoms in total. The van der Waals surface area contributed by atoms with E-state index >= 15 is 0 Å². The Kier molecular flexibility index (Phi) is 4.41. The highest BCUT2D eigenvalue weighted by Crippen LogP contribution is 2.38. The lowest BCUT2D eigenvalue weighted by Crippen LogP contribution is -2.04. The first-order valence-electron chi connectivity index (χ1n) is 7.18. The molecule has 3 rings (SSSR count). The zero-order chi connectivity index (χ0) is 17.3. The Labute approximate surface area is 141 Å². The van der Waals surface area contributed by atoms with Crippen LogP contribution in [-0.2, 0) is 6.18 Å². The molecule has 0 saturated carbocycles. The van der Waals surface area contributed by atoms with Gasteiger partial charge in [0, 0.05) is 16.0 Å². The van der Waals surface area contributed by atoms with Gasteiger partial charge in [-0.3, -0.25) is 0 Å². The molecule has 0 aliphatic rings. The second kappa shape index (κ2) is 6.36. The smallest absolute Gasteiger partial charge is 0.432 e. The molecule has 0 aliphatic carbocycles. The van der Waals surface area contributed by atoms with Gasteiger partial charge in [-0.2, -0.15) is 13.2 Å². The maximum absolute atomic E-state index is 13.0. The largest absolute Gasteiger partial charge is 0.468 e. The number of aryl methyl sites for hydroxylation is 1. The normalized spacial score (nSPS) is 11.7. The Morgan fingerprint density at radius 3 is 2.04 bits per heavy atom. The van der Waals surface area contributed by atoms with E-state index in [1.807, 2.05) is 37.4 Å². The van der Waals surface area contributed by atoms with Crippen LogP contribution < -0.4 is 0 Å². The van der Waals surface area contributed by atoms with Gasteiger partial charge in [-0.1, -0.05) is 42.0 Å². The molecule has 0 amide bonds. The lowest BCUT2D eigenvalue weighted by Gasteiger charge is -2.03. The molecule has 0 fully saturated rings. The molecule has 0 saturated heterocycles. The number of thioether (sulfide) groups is 1. The molecule has 1 heterocycles. The van der Waals surface area contributed by atoms with Crippen LogP contribution in [0.25, 0.3) is 22.6 Å². The zero-order valence-corrected chi connectivity index (χ0v) is 13.8. The van der Waals surface area contributed by atoms with E-state index in [2.05, 4.69) is 4.98 Å². The summed E-state index contributed by atoms with van der Waals surface area (Å²) in [6.07, 6.45) is -2.69. The quantitative estimate of drug-likeness (QED) is 0.538. The molecule has 6 heteroatoms. The number of rotatable bonds is 3. The molecule has 2 aromatic carbocycles. The number of aromatic nitrogens is 1. The molecule has 24 heavy (non-hydrogen) atoms. The number of nitrogens with zero attached hydrogens (tertiary/aromatic N) is 1. The molecule has 0 unspecified atom stereocenters. The van der Waals surface area contributed by atoms with Crippen molar-refractivity contribution in [2.45, 2.75) is 18.0 Å². The Morgan fingerprint density at radius 2 is 1.50 bits per heavy atom. The van der Waals surface area contributed by atoms with Crippen molar-refractivity contribution < 1.29 is 17.6 Å². The summed E-state index contributed by atoms with van der Waals surface area (Å²) in [7, 11) is 0. The lowest BCUT2D eigenvalue weighted by molar-refractivity contribution is -0.156. The highest BCUT2D eigenvalue weighted by molar-refractivity contribution is 7.98. The van der Waals surface area contributed by atoms with Crippen LogP contribution in [0.15, 0.2) is 57.8 Å². The molecule has 0 radical (unpaired) electrons. The summed E-state index contributed by atoms with van der Waals surface area (Å²) in [4.78, 5) is 4.72. The average molecular weight is 349 g/mol. The Balaban J connectivity index is 2.15. The lowest BCUT2D eigenvalue weighted by atomic mass is 10.0. The standard InChI is InChI=1S/C18H14F3NOS/c1-11-3-5-12(6-4-11)15-16(23-17(22-15)18(19,20)21)13-7-9-14(24-2)10-8-13/h3-10H,1-2H3. The molecule has 0 bridgehead atoms. The van der Waals surface area contributed by atoms with Crippen molar-refractivity contribution >= 4 is 11.8 Å². The fourth-order valence-electron chi connectivity index (χ4n) is 2.29. The van der Waals surface area contributed by atoms with E-state index in [0.29, 0.717) is 11.1 Å². The van der Waals surface area contributed by atoms with Crippen LogP contribution in [0.3, 0.4) is 0 Å². The summed E-state index contributed by atoms with van der Waals surface area (Å²) < 4.78 is 44.2. The summed E-state index contributed by atoms with van der Waals surface area (Å²) in [6.45, 7) is 1.91. The van der Waals surface area contributed by atoms with Crippen LogP contribution in [-0.4, -0.2) is 11.2 Å². The topological polar surface area (TPSA) is 26.0 Å². The van der Waals surface area contributed by atoms with E-state index in [0.717, 1.165) is 10.5 Å². The summed E-state index contributed by atoms with van der Waals surface area (Å²) in [5, 5.41) is 0. The predicted molar refractivity (Wildman–Crippen MR) is 88.9 cm³/mol. The summed E-state index contributed by atoms with van der Waals surface area (Å²) >= 11 is 1.56. The van der Waals surface area contributed by atoms with Crippen molar-refractivity contribution in [1.82, 2.24) is 4.98 Å². The average Bonchev–Trinajstić information content (AvgIpc) is 3.01. The first-order chi connectivity index (χ1) is 11.4. The minimum absolute atomic E-state index is 0.124. The van der Waals surface area contributed by atoms with E-state index in [-0.39, 0.29) is 11.5 Å². The van der Waals surface area contributed by atoms with Gasteiger partial charge < -0.3 is 4.42 Å². The van der Waals surface area contributed by atoms with Crippen LogP contribution in [0.2, 0.25) is 0 Å². The fraction of sp³-hybridized carbons (Fsp3) is 0.167. The minimum Gasteiger partial charge on any atom is -0.432 e. The van der Waals surface area contributed by atoms with Gasteiger partial charge in [0.2, 0.25) is 0 Å². The van der Waals surface area contributed by atoms with E-state index < -0.39 is 12.1 Å². The molecule has 0 N–H and O–H groups in total. The number of halogens is 3. The van der Waals surface area contributed by atoms with Gasteiger partial charge in [0.15, 0.2) is 5.76 Å². The number of hydrogen-bond acceptors (Lipinski definition) is 3. The number of alkyl halides is 3. The third kappa shape index (κ3) is 3.33. The van der Waals surface area contributed by atoms with Crippen molar-refractivity contribution in [2.24, 2.45) is 0 Å². The molecule has 1 aromatic heterocycles. The van der Waals surface area contributed by atoms with Crippen molar-refractivity contribution in [3.63, 3.8) is 0 Å². The maximum atomic E-state index is 13.0. The molecule has 0 aliphatic heterocycles. The number of hydrogen-bond donors (Lipinski definition) is 0. The van der Waals surface area contributed by atoms with Crippen molar-refractivity contribution in [3.05, 3.63) is 60.0 Å². The minimum atomic E-state index is -4.63. The van der Waals surface area contributed by atoms with E-state index in [9.17, 15) is 13.2 Å². The summed E-state index contributed by atoms with van der Waals surface area (Å²) in [6, 6.07) is 14.3.